The maximum Gasteiger partial charge on any atom is 0.254 e. The van der Waals surface area contributed by atoms with E-state index in [4.69, 9.17) is 0 Å². The first-order valence-electron chi connectivity index (χ1n) is 17.5. The zero-order valence-electron chi connectivity index (χ0n) is 27.7. The molecule has 0 amide bonds. The van der Waals surface area contributed by atoms with Gasteiger partial charge in [-0.1, -0.05) is 104 Å². The molecule has 3 aromatic rings. The smallest absolute Gasteiger partial charge is 0.201 e. The summed E-state index contributed by atoms with van der Waals surface area (Å²) in [4.78, 5) is 0. The lowest BCUT2D eigenvalue weighted by Crippen LogP contribution is -2.31. The van der Waals surface area contributed by atoms with Gasteiger partial charge in [-0.25, -0.2) is 9.13 Å². The molecule has 3 rings (SSSR count). The minimum absolute atomic E-state index is 1.17. The van der Waals surface area contributed by atoms with Gasteiger partial charge >= 0.3 is 0 Å². The van der Waals surface area contributed by atoms with Crippen LogP contribution in [0.3, 0.4) is 0 Å². The third-order valence-corrected chi connectivity index (χ3v) is 8.64. The van der Waals surface area contributed by atoms with Crippen molar-refractivity contribution in [3.05, 3.63) is 76.4 Å². The van der Waals surface area contributed by atoms with E-state index in [1.165, 1.54) is 127 Å². The molecule has 1 heterocycles. The van der Waals surface area contributed by atoms with E-state index in [0.29, 0.717) is 0 Å². The van der Waals surface area contributed by atoms with Crippen LogP contribution in [-0.2, 0) is 38.5 Å². The van der Waals surface area contributed by atoms with E-state index in [9.17, 15) is 0 Å². The van der Waals surface area contributed by atoms with Gasteiger partial charge in [0.25, 0.3) is 6.33 Å². The fourth-order valence-corrected chi connectivity index (χ4v) is 6.23. The summed E-state index contributed by atoms with van der Waals surface area (Å²) in [6.45, 7) is 13.9. The third-order valence-electron chi connectivity index (χ3n) is 8.64. The van der Waals surface area contributed by atoms with Crippen molar-refractivity contribution in [1.29, 1.82) is 0 Å². The maximum atomic E-state index is 2.54. The van der Waals surface area contributed by atoms with Crippen molar-refractivity contribution >= 4 is 0 Å². The summed E-state index contributed by atoms with van der Waals surface area (Å²) in [5.74, 6) is 0. The first-order chi connectivity index (χ1) is 20.1. The number of imidazole rings is 1. The van der Waals surface area contributed by atoms with Crippen molar-refractivity contribution < 1.29 is 4.57 Å². The predicted octanol–water partition coefficient (Wildman–Crippen LogP) is 10.8. The van der Waals surface area contributed by atoms with E-state index in [2.05, 4.69) is 93.7 Å². The van der Waals surface area contributed by atoms with Gasteiger partial charge in [0.2, 0.25) is 0 Å². The van der Waals surface area contributed by atoms with E-state index in [1.54, 1.807) is 33.4 Å². The highest BCUT2D eigenvalue weighted by Gasteiger charge is 2.22. The molecule has 0 spiro atoms. The molecular weight excluding hydrogens is 496 g/mol. The Kier molecular flexibility index (Phi) is 14.8. The second-order valence-electron chi connectivity index (χ2n) is 12.4. The van der Waals surface area contributed by atoms with Crippen molar-refractivity contribution in [2.45, 2.75) is 157 Å². The number of aromatic nitrogens is 2. The van der Waals surface area contributed by atoms with Gasteiger partial charge in [0.1, 0.15) is 23.8 Å². The quantitative estimate of drug-likeness (QED) is 0.122. The Balaban J connectivity index is 2.16. The lowest BCUT2D eigenvalue weighted by atomic mass is 9.93. The molecule has 2 nitrogen and oxygen atoms in total. The van der Waals surface area contributed by atoms with Crippen LogP contribution in [-0.4, -0.2) is 4.57 Å². The van der Waals surface area contributed by atoms with Crippen LogP contribution in [0, 0.1) is 0 Å². The second-order valence-corrected chi connectivity index (χ2v) is 12.4. The molecule has 0 saturated carbocycles. The number of aryl methyl sites for hydroxylation is 6. The molecule has 226 valence electrons. The van der Waals surface area contributed by atoms with Gasteiger partial charge in [-0.15, -0.1) is 0 Å². The van der Waals surface area contributed by atoms with Crippen LogP contribution in [0.25, 0.3) is 11.4 Å². The predicted molar refractivity (Wildman–Crippen MR) is 179 cm³/mol. The van der Waals surface area contributed by atoms with Gasteiger partial charge in [-0.3, -0.25) is 0 Å². The Labute approximate surface area is 253 Å². The fourth-order valence-electron chi connectivity index (χ4n) is 6.23. The molecule has 0 radical (unpaired) electrons. The molecule has 0 bridgehead atoms. The van der Waals surface area contributed by atoms with Crippen LogP contribution in [0.5, 0.6) is 0 Å². The van der Waals surface area contributed by atoms with Crippen LogP contribution >= 0.6 is 0 Å². The van der Waals surface area contributed by atoms with E-state index in [-0.39, 0.29) is 0 Å². The van der Waals surface area contributed by atoms with Crippen molar-refractivity contribution in [2.75, 3.05) is 0 Å². The monoisotopic (exact) mass is 557 g/mol. The first kappa shape index (κ1) is 33.2. The Morgan fingerprint density at radius 3 is 1.27 bits per heavy atom. The lowest BCUT2D eigenvalue weighted by molar-refractivity contribution is -0.595. The summed E-state index contributed by atoms with van der Waals surface area (Å²) in [6, 6.07) is 10.2. The SMILES string of the molecule is CCCCc1cc(CCCC)c(-n2cc[n+](-c3c(CCCC)cc(CCCC)cc3CCCC)c2)c(CCCC)c1. The van der Waals surface area contributed by atoms with Crippen LogP contribution in [0.2, 0.25) is 0 Å². The average Bonchev–Trinajstić information content (AvgIpc) is 3.47. The molecule has 41 heavy (non-hydrogen) atoms. The molecule has 0 N–H and O–H groups in total. The molecule has 0 saturated heterocycles. The van der Waals surface area contributed by atoms with Gasteiger partial charge in [0, 0.05) is 0 Å². The highest BCUT2D eigenvalue weighted by Crippen LogP contribution is 2.28. The van der Waals surface area contributed by atoms with Gasteiger partial charge in [-0.2, -0.15) is 0 Å². The zero-order valence-corrected chi connectivity index (χ0v) is 27.7. The van der Waals surface area contributed by atoms with Crippen molar-refractivity contribution in [1.82, 2.24) is 4.57 Å². The van der Waals surface area contributed by atoms with Gasteiger partial charge in [-0.05, 0) is 110 Å². The van der Waals surface area contributed by atoms with E-state index in [1.807, 2.05) is 0 Å². The molecular formula is C39H61N2+. The normalized spacial score (nSPS) is 11.5. The molecule has 0 atom stereocenters. The number of rotatable bonds is 20. The molecule has 0 aliphatic heterocycles. The van der Waals surface area contributed by atoms with Gasteiger partial charge in [0.05, 0.1) is 0 Å². The number of unbranched alkanes of at least 4 members (excludes halogenated alkanes) is 6. The van der Waals surface area contributed by atoms with Crippen LogP contribution < -0.4 is 4.57 Å². The largest absolute Gasteiger partial charge is 0.254 e. The number of hydrogen-bond acceptors (Lipinski definition) is 0. The maximum absolute atomic E-state index is 2.54. The highest BCUT2D eigenvalue weighted by atomic mass is 15.1. The van der Waals surface area contributed by atoms with Crippen molar-refractivity contribution in [2.24, 2.45) is 0 Å². The minimum atomic E-state index is 1.17. The average molecular weight is 558 g/mol. The lowest BCUT2D eigenvalue weighted by Gasteiger charge is -2.16. The summed E-state index contributed by atoms with van der Waals surface area (Å²) in [7, 11) is 0. The van der Waals surface area contributed by atoms with Gasteiger partial charge in [0.15, 0.2) is 0 Å². The molecule has 0 unspecified atom stereocenters. The summed E-state index contributed by atoms with van der Waals surface area (Å²) >= 11 is 0. The Hall–Kier alpha value is -2.35. The van der Waals surface area contributed by atoms with Crippen molar-refractivity contribution in [3.8, 4) is 11.4 Å². The van der Waals surface area contributed by atoms with Gasteiger partial charge < -0.3 is 0 Å². The highest BCUT2D eigenvalue weighted by molar-refractivity contribution is 5.51. The molecule has 0 fully saturated rings. The Morgan fingerprint density at radius 2 is 0.854 bits per heavy atom. The van der Waals surface area contributed by atoms with Crippen molar-refractivity contribution in [3.63, 3.8) is 0 Å². The number of hydrogen-bond donors (Lipinski definition) is 0. The zero-order chi connectivity index (χ0) is 29.5. The third kappa shape index (κ3) is 9.59. The summed E-state index contributed by atoms with van der Waals surface area (Å²) in [5.41, 5.74) is 12.2. The summed E-state index contributed by atoms with van der Waals surface area (Å²) in [5, 5.41) is 0. The molecule has 1 aromatic heterocycles. The van der Waals surface area contributed by atoms with Crippen LogP contribution in [0.4, 0.5) is 0 Å². The standard InChI is InChI=1S/C39H61N2/c1-7-13-19-32-27-34(21-15-9-3)38(35(28-32)22-16-10-4)40-25-26-41(31-40)39-36(23-17-11-5)29-33(20-14-8-2)30-37(39)24-18-12-6/h25-31H,7-24H2,1-6H3/q+1. The molecule has 2 aromatic carbocycles. The molecule has 0 aliphatic carbocycles. The summed E-state index contributed by atoms with van der Waals surface area (Å²) < 4.78 is 4.94. The molecule has 0 aliphatic rings. The Bertz CT molecular complexity index is 1020. The minimum Gasteiger partial charge on any atom is -0.201 e. The van der Waals surface area contributed by atoms with E-state index < -0.39 is 0 Å². The summed E-state index contributed by atoms with van der Waals surface area (Å²) in [6.07, 6.45) is 29.2. The Morgan fingerprint density at radius 1 is 0.488 bits per heavy atom. The number of nitrogens with zero attached hydrogens (tertiary/aromatic N) is 2. The topological polar surface area (TPSA) is 8.81 Å². The van der Waals surface area contributed by atoms with Crippen LogP contribution in [0.1, 0.15) is 152 Å². The molecule has 2 heteroatoms. The second kappa shape index (κ2) is 18.2. The van der Waals surface area contributed by atoms with E-state index in [0.717, 1.165) is 0 Å². The fraction of sp³-hybridized carbons (Fsp3) is 0.615. The number of benzene rings is 2. The van der Waals surface area contributed by atoms with Crippen LogP contribution in [0.15, 0.2) is 43.0 Å². The first-order valence-corrected chi connectivity index (χ1v) is 17.5. The van der Waals surface area contributed by atoms with E-state index >= 15 is 0 Å².